The van der Waals surface area contributed by atoms with Crippen LogP contribution in [0.5, 0.6) is 0 Å². The highest BCUT2D eigenvalue weighted by atomic mass is 35.5. The third-order valence-electron chi connectivity index (χ3n) is 7.33. The van der Waals surface area contributed by atoms with Gasteiger partial charge in [-0.05, 0) is 63.2 Å². The van der Waals surface area contributed by atoms with Gasteiger partial charge < -0.3 is 25.6 Å². The van der Waals surface area contributed by atoms with Gasteiger partial charge in [-0.15, -0.1) is 0 Å². The number of rotatable bonds is 7. The van der Waals surface area contributed by atoms with Crippen molar-refractivity contribution in [2.75, 3.05) is 38.2 Å². The average molecular weight is 513 g/mol. The van der Waals surface area contributed by atoms with E-state index in [-0.39, 0.29) is 30.4 Å². The summed E-state index contributed by atoms with van der Waals surface area (Å²) in [5, 5.41) is 10.2. The lowest BCUT2D eigenvalue weighted by Gasteiger charge is -2.29. The van der Waals surface area contributed by atoms with Gasteiger partial charge in [0.05, 0.1) is 16.9 Å². The fraction of sp³-hybridized carbons (Fsp3) is 0.538. The number of carbonyl (C=O) groups is 2. The number of piperidine rings is 1. The molecule has 0 radical (unpaired) electrons. The van der Waals surface area contributed by atoms with Crippen LogP contribution in [0, 0.1) is 5.92 Å². The first-order valence-electron chi connectivity index (χ1n) is 12.8. The molecule has 36 heavy (non-hydrogen) atoms. The van der Waals surface area contributed by atoms with E-state index in [1.54, 1.807) is 11.1 Å². The number of hydrogen-bond acceptors (Lipinski definition) is 7. The molecule has 10 heteroatoms. The molecule has 0 spiro atoms. The molecular formula is C26H33ClN6O3. The Morgan fingerprint density at radius 2 is 2.14 bits per heavy atom. The molecule has 0 aliphatic carbocycles. The van der Waals surface area contributed by atoms with Crippen LogP contribution in [-0.4, -0.2) is 71.6 Å². The summed E-state index contributed by atoms with van der Waals surface area (Å²) in [5.41, 5.74) is 2.79. The standard InChI is InChI=1S/C26H33ClN6O3/c1-16(18-3-2-8-28-12-18)30-23(34)15-33-14-19-5-4-17(11-21(19)25(33)35)24-22(27)13-29-26(32-24)31-20-6-9-36-10-7-20/h4-5,11,13,16,18,20,28H,2-3,6-10,12,14-15H2,1H3,(H,30,34)(H,29,31,32)/t16?,18-/m1/s1. The molecule has 0 saturated carbocycles. The van der Waals surface area contributed by atoms with Crippen molar-refractivity contribution in [3.05, 3.63) is 40.5 Å². The molecular weight excluding hydrogens is 480 g/mol. The van der Waals surface area contributed by atoms with Gasteiger partial charge in [0.1, 0.15) is 6.54 Å². The second kappa shape index (κ2) is 11.1. The monoisotopic (exact) mass is 512 g/mol. The van der Waals surface area contributed by atoms with E-state index in [9.17, 15) is 9.59 Å². The Kier molecular flexibility index (Phi) is 7.69. The zero-order chi connectivity index (χ0) is 25.1. The van der Waals surface area contributed by atoms with E-state index in [0.29, 0.717) is 34.7 Å². The molecule has 3 aliphatic heterocycles. The van der Waals surface area contributed by atoms with Crippen LogP contribution in [0.2, 0.25) is 5.02 Å². The smallest absolute Gasteiger partial charge is 0.254 e. The van der Waals surface area contributed by atoms with Gasteiger partial charge in [0.2, 0.25) is 11.9 Å². The van der Waals surface area contributed by atoms with Crippen LogP contribution in [0.3, 0.4) is 0 Å². The minimum atomic E-state index is -0.153. The van der Waals surface area contributed by atoms with Gasteiger partial charge in [0.25, 0.3) is 5.91 Å². The molecule has 2 fully saturated rings. The lowest BCUT2D eigenvalue weighted by molar-refractivity contribution is -0.122. The highest BCUT2D eigenvalue weighted by Gasteiger charge is 2.30. The second-order valence-electron chi connectivity index (χ2n) is 9.92. The van der Waals surface area contributed by atoms with Crippen LogP contribution in [0.4, 0.5) is 5.95 Å². The highest BCUT2D eigenvalue weighted by Crippen LogP contribution is 2.31. The Morgan fingerprint density at radius 1 is 1.31 bits per heavy atom. The lowest BCUT2D eigenvalue weighted by atomic mass is 9.93. The third kappa shape index (κ3) is 5.63. The number of anilines is 1. The lowest BCUT2D eigenvalue weighted by Crippen LogP contribution is -2.47. The van der Waals surface area contributed by atoms with Gasteiger partial charge in [-0.2, -0.15) is 0 Å². The van der Waals surface area contributed by atoms with E-state index in [0.717, 1.165) is 63.1 Å². The Labute approximate surface area is 216 Å². The van der Waals surface area contributed by atoms with Gasteiger partial charge >= 0.3 is 0 Å². The molecule has 192 valence electrons. The van der Waals surface area contributed by atoms with Crippen molar-refractivity contribution in [3.63, 3.8) is 0 Å². The molecule has 0 bridgehead atoms. The van der Waals surface area contributed by atoms with Crippen LogP contribution >= 0.6 is 11.6 Å². The van der Waals surface area contributed by atoms with Crippen LogP contribution in [0.25, 0.3) is 11.3 Å². The van der Waals surface area contributed by atoms with E-state index in [1.165, 1.54) is 0 Å². The summed E-state index contributed by atoms with van der Waals surface area (Å²) in [6.07, 6.45) is 5.60. The molecule has 3 aliphatic rings. The van der Waals surface area contributed by atoms with E-state index in [2.05, 4.69) is 25.9 Å². The minimum Gasteiger partial charge on any atom is -0.381 e. The zero-order valence-electron chi connectivity index (χ0n) is 20.6. The Bertz CT molecular complexity index is 1120. The molecule has 4 heterocycles. The van der Waals surface area contributed by atoms with Crippen molar-refractivity contribution in [3.8, 4) is 11.3 Å². The van der Waals surface area contributed by atoms with Gasteiger partial charge in [-0.3, -0.25) is 9.59 Å². The minimum absolute atomic E-state index is 0.0424. The molecule has 2 saturated heterocycles. The molecule has 2 aromatic rings. The number of amides is 2. The van der Waals surface area contributed by atoms with Crippen molar-refractivity contribution in [1.82, 2.24) is 25.5 Å². The van der Waals surface area contributed by atoms with Crippen LogP contribution < -0.4 is 16.0 Å². The molecule has 2 atom stereocenters. The average Bonchev–Trinajstić information content (AvgIpc) is 3.20. The first kappa shape index (κ1) is 24.9. The maximum atomic E-state index is 13.2. The molecule has 1 aromatic carbocycles. The van der Waals surface area contributed by atoms with Crippen LogP contribution in [0.15, 0.2) is 24.4 Å². The zero-order valence-corrected chi connectivity index (χ0v) is 21.3. The number of ether oxygens (including phenoxy) is 1. The number of nitrogens with zero attached hydrogens (tertiary/aromatic N) is 3. The highest BCUT2D eigenvalue weighted by molar-refractivity contribution is 6.33. The first-order chi connectivity index (χ1) is 17.5. The topological polar surface area (TPSA) is 108 Å². The molecule has 3 N–H and O–H groups in total. The Hall–Kier alpha value is -2.75. The number of halogens is 1. The Morgan fingerprint density at radius 3 is 2.92 bits per heavy atom. The van der Waals surface area contributed by atoms with E-state index >= 15 is 0 Å². The van der Waals surface area contributed by atoms with E-state index < -0.39 is 0 Å². The number of aromatic nitrogens is 2. The second-order valence-corrected chi connectivity index (χ2v) is 10.3. The number of carbonyl (C=O) groups excluding carboxylic acids is 2. The number of benzene rings is 1. The van der Waals surface area contributed by atoms with E-state index in [1.807, 2.05) is 25.1 Å². The quantitative estimate of drug-likeness (QED) is 0.523. The first-order valence-corrected chi connectivity index (χ1v) is 13.1. The van der Waals surface area contributed by atoms with Crippen molar-refractivity contribution in [1.29, 1.82) is 0 Å². The molecule has 1 aromatic heterocycles. The molecule has 5 rings (SSSR count). The van der Waals surface area contributed by atoms with E-state index in [4.69, 9.17) is 16.3 Å². The Balaban J connectivity index is 1.25. The number of fused-ring (bicyclic) bond motifs is 1. The maximum Gasteiger partial charge on any atom is 0.254 e. The molecule has 9 nitrogen and oxygen atoms in total. The van der Waals surface area contributed by atoms with Gasteiger partial charge in [0.15, 0.2) is 0 Å². The van der Waals surface area contributed by atoms with Gasteiger partial charge in [0, 0.05) is 43.0 Å². The van der Waals surface area contributed by atoms with Crippen molar-refractivity contribution < 1.29 is 14.3 Å². The predicted octanol–water partition coefficient (Wildman–Crippen LogP) is 2.85. The predicted molar refractivity (Wildman–Crippen MR) is 138 cm³/mol. The SMILES string of the molecule is CC(NC(=O)CN1Cc2ccc(-c3nc(NC4CCOCC4)ncc3Cl)cc2C1=O)[C@@H]1CCCNC1. The molecule has 2 amide bonds. The summed E-state index contributed by atoms with van der Waals surface area (Å²) >= 11 is 6.45. The van der Waals surface area contributed by atoms with Gasteiger partial charge in [-0.1, -0.05) is 23.7 Å². The fourth-order valence-electron chi connectivity index (χ4n) is 5.20. The summed E-state index contributed by atoms with van der Waals surface area (Å²) in [4.78, 5) is 36.4. The normalized spacial score (nSPS) is 21.2. The summed E-state index contributed by atoms with van der Waals surface area (Å²) < 4.78 is 5.42. The summed E-state index contributed by atoms with van der Waals surface area (Å²) in [5.74, 6) is 0.644. The van der Waals surface area contributed by atoms with Crippen molar-refractivity contribution in [2.45, 2.75) is 51.2 Å². The number of nitrogens with one attached hydrogen (secondary N) is 3. The summed E-state index contributed by atoms with van der Waals surface area (Å²) in [7, 11) is 0. The van der Waals surface area contributed by atoms with Crippen molar-refractivity contribution >= 4 is 29.4 Å². The van der Waals surface area contributed by atoms with Crippen LogP contribution in [0.1, 0.15) is 48.5 Å². The number of hydrogen-bond donors (Lipinski definition) is 3. The fourth-order valence-corrected chi connectivity index (χ4v) is 5.40. The van der Waals surface area contributed by atoms with Gasteiger partial charge in [-0.25, -0.2) is 9.97 Å². The van der Waals surface area contributed by atoms with Crippen molar-refractivity contribution in [2.24, 2.45) is 5.92 Å². The largest absolute Gasteiger partial charge is 0.381 e. The summed E-state index contributed by atoms with van der Waals surface area (Å²) in [6.45, 7) is 5.88. The third-order valence-corrected chi connectivity index (χ3v) is 7.60. The van der Waals surface area contributed by atoms with Crippen LogP contribution in [-0.2, 0) is 16.1 Å². The maximum absolute atomic E-state index is 13.2. The molecule has 1 unspecified atom stereocenters. The summed E-state index contributed by atoms with van der Waals surface area (Å²) in [6, 6.07) is 5.98.